The fourth-order valence-electron chi connectivity index (χ4n) is 4.95. The molecule has 2 aliphatic rings. The first-order chi connectivity index (χ1) is 14.6. The van der Waals surface area contributed by atoms with Crippen LogP contribution in [0.15, 0.2) is 29.3 Å². The van der Waals surface area contributed by atoms with E-state index in [0.717, 1.165) is 56.8 Å². The van der Waals surface area contributed by atoms with E-state index in [2.05, 4.69) is 28.5 Å². The van der Waals surface area contributed by atoms with Crippen molar-refractivity contribution in [2.24, 2.45) is 10.9 Å². The molecule has 7 heteroatoms. The molecule has 0 radical (unpaired) electrons. The van der Waals surface area contributed by atoms with Gasteiger partial charge in [-0.2, -0.15) is 0 Å². The number of nitrogens with zero attached hydrogens (tertiary/aromatic N) is 2. The highest BCUT2D eigenvalue weighted by atomic mass is 127. The molecule has 1 amide bonds. The predicted octanol–water partition coefficient (Wildman–Crippen LogP) is 4.46. The van der Waals surface area contributed by atoms with Crippen molar-refractivity contribution in [2.45, 2.75) is 63.7 Å². The lowest BCUT2D eigenvalue weighted by molar-refractivity contribution is -0.121. The van der Waals surface area contributed by atoms with Gasteiger partial charge in [0.25, 0.3) is 0 Å². The molecule has 31 heavy (non-hydrogen) atoms. The summed E-state index contributed by atoms with van der Waals surface area (Å²) >= 11 is 0. The van der Waals surface area contributed by atoms with Gasteiger partial charge in [0.1, 0.15) is 5.82 Å². The first-order valence-corrected chi connectivity index (χ1v) is 11.6. The average Bonchev–Trinajstić information content (AvgIpc) is 2.78. The van der Waals surface area contributed by atoms with Crippen LogP contribution in [0.4, 0.5) is 4.39 Å². The largest absolute Gasteiger partial charge is 0.359 e. The summed E-state index contributed by atoms with van der Waals surface area (Å²) in [5.41, 5.74) is 1.02. The fraction of sp³-hybridized carbons (Fsp3) is 0.667. The second kappa shape index (κ2) is 12.6. The molecule has 2 fully saturated rings. The third-order valence-corrected chi connectivity index (χ3v) is 6.78. The smallest absolute Gasteiger partial charge is 0.220 e. The Morgan fingerprint density at radius 3 is 2.55 bits per heavy atom. The molecule has 0 atom stereocenters. The third kappa shape index (κ3) is 7.05. The molecule has 1 saturated heterocycles. The van der Waals surface area contributed by atoms with Crippen LogP contribution >= 0.6 is 24.0 Å². The Labute approximate surface area is 203 Å². The van der Waals surface area contributed by atoms with Crippen LogP contribution in [0.25, 0.3) is 0 Å². The lowest BCUT2D eigenvalue weighted by Gasteiger charge is -2.38. The van der Waals surface area contributed by atoms with Crippen LogP contribution in [0.3, 0.4) is 0 Å². The maximum Gasteiger partial charge on any atom is 0.220 e. The molecule has 0 bridgehead atoms. The van der Waals surface area contributed by atoms with Crippen molar-refractivity contribution in [3.8, 4) is 0 Å². The lowest BCUT2D eigenvalue weighted by Crippen LogP contribution is -2.47. The van der Waals surface area contributed by atoms with Crippen LogP contribution < -0.4 is 10.6 Å². The van der Waals surface area contributed by atoms with Crippen molar-refractivity contribution in [3.63, 3.8) is 0 Å². The lowest BCUT2D eigenvalue weighted by atomic mass is 9.69. The summed E-state index contributed by atoms with van der Waals surface area (Å²) in [6, 6.07) is 7.13. The number of amides is 1. The predicted molar refractivity (Wildman–Crippen MR) is 136 cm³/mol. The van der Waals surface area contributed by atoms with E-state index in [1.807, 2.05) is 6.07 Å². The molecule has 5 nitrogen and oxygen atoms in total. The van der Waals surface area contributed by atoms with Crippen molar-refractivity contribution < 1.29 is 9.18 Å². The Hall–Kier alpha value is -1.38. The monoisotopic (exact) mass is 544 g/mol. The summed E-state index contributed by atoms with van der Waals surface area (Å²) in [5.74, 6) is 1.37. The van der Waals surface area contributed by atoms with Gasteiger partial charge in [0, 0.05) is 38.5 Å². The number of aliphatic imine (C=N–C) groups is 1. The van der Waals surface area contributed by atoms with E-state index in [4.69, 9.17) is 4.99 Å². The molecule has 1 aromatic carbocycles. The van der Waals surface area contributed by atoms with Gasteiger partial charge in [-0.25, -0.2) is 4.39 Å². The Morgan fingerprint density at radius 1 is 1.23 bits per heavy atom. The number of carbonyl (C=O) groups is 1. The van der Waals surface area contributed by atoms with E-state index in [1.165, 1.54) is 25.3 Å². The van der Waals surface area contributed by atoms with Gasteiger partial charge in [-0.3, -0.25) is 9.79 Å². The molecule has 1 aliphatic heterocycles. The van der Waals surface area contributed by atoms with E-state index in [1.54, 1.807) is 13.1 Å². The molecule has 1 saturated carbocycles. The van der Waals surface area contributed by atoms with Gasteiger partial charge in [-0.15, -0.1) is 24.0 Å². The highest BCUT2D eigenvalue weighted by Gasteiger charge is 2.34. The molecule has 1 heterocycles. The Morgan fingerprint density at radius 2 is 1.94 bits per heavy atom. The molecular formula is C24H38FIN4O. The van der Waals surface area contributed by atoms with Gasteiger partial charge in [-0.05, 0) is 56.2 Å². The number of hydrogen-bond acceptors (Lipinski definition) is 2. The van der Waals surface area contributed by atoms with Crippen LogP contribution in [-0.2, 0) is 10.2 Å². The Balaban J connectivity index is 0.00000341. The van der Waals surface area contributed by atoms with Crippen molar-refractivity contribution in [3.05, 3.63) is 35.6 Å². The molecule has 0 unspecified atom stereocenters. The summed E-state index contributed by atoms with van der Waals surface area (Å²) in [6.45, 7) is 5.44. The summed E-state index contributed by atoms with van der Waals surface area (Å²) in [7, 11) is 1.70. The van der Waals surface area contributed by atoms with Gasteiger partial charge in [0.05, 0.1) is 6.54 Å². The number of likely N-dealkylation sites (tertiary alicyclic amines) is 1. The first-order valence-electron chi connectivity index (χ1n) is 11.6. The van der Waals surface area contributed by atoms with Crippen LogP contribution in [0.2, 0.25) is 0 Å². The van der Waals surface area contributed by atoms with Crippen molar-refractivity contribution >= 4 is 35.8 Å². The van der Waals surface area contributed by atoms with Crippen molar-refractivity contribution in [2.75, 3.05) is 33.2 Å². The van der Waals surface area contributed by atoms with Crippen LogP contribution in [0, 0.1) is 11.7 Å². The van der Waals surface area contributed by atoms with Gasteiger partial charge in [0.15, 0.2) is 5.96 Å². The SMILES string of the molecule is CCNC(=NCC1(c2cccc(F)c2)CCCCC1)N1CCC(CC(=O)NC)CC1.I. The second-order valence-electron chi connectivity index (χ2n) is 8.83. The number of rotatable bonds is 6. The number of hydrogen-bond donors (Lipinski definition) is 2. The average molecular weight is 544 g/mol. The second-order valence-corrected chi connectivity index (χ2v) is 8.83. The van der Waals surface area contributed by atoms with Gasteiger partial charge in [0.2, 0.25) is 5.91 Å². The van der Waals surface area contributed by atoms with Gasteiger partial charge < -0.3 is 15.5 Å². The number of benzene rings is 1. The van der Waals surface area contributed by atoms with E-state index < -0.39 is 0 Å². The molecule has 2 N–H and O–H groups in total. The number of halogens is 2. The molecule has 3 rings (SSSR count). The Kier molecular flexibility index (Phi) is 10.5. The molecule has 1 aromatic rings. The number of piperidine rings is 1. The summed E-state index contributed by atoms with van der Waals surface area (Å²) in [4.78, 5) is 19.1. The maximum atomic E-state index is 14.0. The standard InChI is InChI=1S/C24H37FN4O.HI/c1-3-27-23(29-14-10-19(11-15-29)16-22(30)26-2)28-18-24(12-5-4-6-13-24)20-8-7-9-21(25)17-20;/h7-9,17,19H,3-6,10-16,18H2,1-2H3,(H,26,30)(H,27,28);1H. The zero-order valence-electron chi connectivity index (χ0n) is 19.0. The number of nitrogens with one attached hydrogen (secondary N) is 2. The summed E-state index contributed by atoms with van der Waals surface area (Å²) in [5, 5.41) is 6.19. The summed E-state index contributed by atoms with van der Waals surface area (Å²) < 4.78 is 14.0. The minimum Gasteiger partial charge on any atom is -0.359 e. The molecular weight excluding hydrogens is 506 g/mol. The van der Waals surface area contributed by atoms with E-state index >= 15 is 0 Å². The van der Waals surface area contributed by atoms with E-state index in [9.17, 15) is 9.18 Å². The highest BCUT2D eigenvalue weighted by molar-refractivity contribution is 14.0. The van der Waals surface area contributed by atoms with Gasteiger partial charge in [-0.1, -0.05) is 31.4 Å². The van der Waals surface area contributed by atoms with Crippen molar-refractivity contribution in [1.82, 2.24) is 15.5 Å². The number of carbonyl (C=O) groups excluding carboxylic acids is 1. The Bertz CT molecular complexity index is 728. The quantitative estimate of drug-likeness (QED) is 0.316. The maximum absolute atomic E-state index is 14.0. The molecule has 174 valence electrons. The van der Waals surface area contributed by atoms with E-state index in [-0.39, 0.29) is 41.1 Å². The molecule has 0 aromatic heterocycles. The van der Waals surface area contributed by atoms with Crippen LogP contribution in [0.5, 0.6) is 0 Å². The zero-order valence-corrected chi connectivity index (χ0v) is 21.3. The number of guanidine groups is 1. The zero-order chi connectivity index (χ0) is 21.4. The van der Waals surface area contributed by atoms with Crippen molar-refractivity contribution in [1.29, 1.82) is 0 Å². The molecule has 1 aliphatic carbocycles. The first kappa shape index (κ1) is 25.9. The summed E-state index contributed by atoms with van der Waals surface area (Å²) in [6.07, 6.45) is 8.35. The van der Waals surface area contributed by atoms with E-state index in [0.29, 0.717) is 18.9 Å². The molecule has 0 spiro atoms. The highest BCUT2D eigenvalue weighted by Crippen LogP contribution is 2.40. The minimum atomic E-state index is -0.161. The normalized spacial score (nSPS) is 19.5. The third-order valence-electron chi connectivity index (χ3n) is 6.78. The fourth-order valence-corrected chi connectivity index (χ4v) is 4.95. The minimum absolute atomic E-state index is 0. The van der Waals surface area contributed by atoms with Crippen LogP contribution in [0.1, 0.15) is 63.9 Å². The topological polar surface area (TPSA) is 56.7 Å². The van der Waals surface area contributed by atoms with Gasteiger partial charge >= 0.3 is 0 Å². The van der Waals surface area contributed by atoms with Crippen LogP contribution in [-0.4, -0.2) is 50.0 Å².